The van der Waals surface area contributed by atoms with Crippen LogP contribution >= 0.6 is 15.9 Å². The lowest BCUT2D eigenvalue weighted by molar-refractivity contribution is 0.122. The maximum absolute atomic E-state index is 9.56. The molecule has 128 valence electrons. The van der Waals surface area contributed by atoms with Crippen molar-refractivity contribution in [1.29, 1.82) is 5.26 Å². The Kier molecular flexibility index (Phi) is 5.75. The zero-order chi connectivity index (χ0) is 17.6. The Labute approximate surface area is 156 Å². The van der Waals surface area contributed by atoms with E-state index in [4.69, 9.17) is 9.47 Å². The fourth-order valence-electron chi connectivity index (χ4n) is 2.83. The number of nitrogens with zero attached hydrogens (tertiary/aromatic N) is 2. The van der Waals surface area contributed by atoms with Crippen molar-refractivity contribution in [2.75, 3.05) is 38.3 Å². The first kappa shape index (κ1) is 17.5. The van der Waals surface area contributed by atoms with Crippen molar-refractivity contribution in [3.63, 3.8) is 0 Å². The van der Waals surface area contributed by atoms with E-state index in [9.17, 15) is 5.26 Å². The van der Waals surface area contributed by atoms with Gasteiger partial charge in [-0.15, -0.1) is 0 Å². The minimum atomic E-state index is 0.596. The van der Waals surface area contributed by atoms with Crippen molar-refractivity contribution in [1.82, 2.24) is 0 Å². The third kappa shape index (κ3) is 4.22. The van der Waals surface area contributed by atoms with Crippen LogP contribution < -0.4 is 9.64 Å². The predicted octanol–water partition coefficient (Wildman–Crippen LogP) is 4.36. The summed E-state index contributed by atoms with van der Waals surface area (Å²) in [6.07, 6.45) is 1.86. The van der Waals surface area contributed by atoms with E-state index in [0.717, 1.165) is 53.3 Å². The number of benzene rings is 2. The van der Waals surface area contributed by atoms with Gasteiger partial charge in [0.15, 0.2) is 0 Å². The molecule has 1 aliphatic heterocycles. The van der Waals surface area contributed by atoms with E-state index in [-0.39, 0.29) is 0 Å². The van der Waals surface area contributed by atoms with Crippen LogP contribution in [0.1, 0.15) is 11.1 Å². The molecule has 0 saturated carbocycles. The van der Waals surface area contributed by atoms with Crippen LogP contribution in [-0.2, 0) is 4.74 Å². The molecule has 0 atom stereocenters. The summed E-state index contributed by atoms with van der Waals surface area (Å²) in [6.45, 7) is 3.23. The highest BCUT2D eigenvalue weighted by Crippen LogP contribution is 2.30. The Bertz CT molecular complexity index is 821. The van der Waals surface area contributed by atoms with Crippen LogP contribution in [0.25, 0.3) is 11.6 Å². The number of ether oxygens (including phenoxy) is 2. The van der Waals surface area contributed by atoms with E-state index in [2.05, 4.69) is 33.0 Å². The minimum Gasteiger partial charge on any atom is -0.496 e. The quantitative estimate of drug-likeness (QED) is 0.566. The van der Waals surface area contributed by atoms with Crippen LogP contribution in [0.15, 0.2) is 46.9 Å². The van der Waals surface area contributed by atoms with Gasteiger partial charge in [0.2, 0.25) is 0 Å². The van der Waals surface area contributed by atoms with Crippen LogP contribution in [-0.4, -0.2) is 33.4 Å². The summed E-state index contributed by atoms with van der Waals surface area (Å²) < 4.78 is 11.9. The molecule has 5 heteroatoms. The summed E-state index contributed by atoms with van der Waals surface area (Å²) in [5, 5.41) is 9.56. The van der Waals surface area contributed by atoms with Gasteiger partial charge in [-0.3, -0.25) is 0 Å². The Balaban J connectivity index is 1.94. The SMILES string of the molecule is COc1cc(N2CCOCC2)ccc1C=C(C#N)c1cccc(Br)c1. The van der Waals surface area contributed by atoms with E-state index < -0.39 is 0 Å². The third-order valence-electron chi connectivity index (χ3n) is 4.15. The first-order chi connectivity index (χ1) is 12.2. The maximum Gasteiger partial charge on any atom is 0.128 e. The molecular formula is C20H19BrN2O2. The normalized spacial score (nSPS) is 14.9. The number of morpholine rings is 1. The molecule has 3 rings (SSSR count). The second kappa shape index (κ2) is 8.19. The fraction of sp³-hybridized carbons (Fsp3) is 0.250. The van der Waals surface area contributed by atoms with Crippen LogP contribution in [0.2, 0.25) is 0 Å². The van der Waals surface area contributed by atoms with Gasteiger partial charge in [-0.25, -0.2) is 0 Å². The second-order valence-corrected chi connectivity index (χ2v) is 6.62. The van der Waals surface area contributed by atoms with E-state index >= 15 is 0 Å². The molecule has 0 amide bonds. The smallest absolute Gasteiger partial charge is 0.128 e. The van der Waals surface area contributed by atoms with Gasteiger partial charge in [-0.2, -0.15) is 5.26 Å². The molecule has 2 aromatic carbocycles. The number of methoxy groups -OCH3 is 1. The van der Waals surface area contributed by atoms with Gasteiger partial charge in [0.25, 0.3) is 0 Å². The summed E-state index contributed by atoms with van der Waals surface area (Å²) in [4.78, 5) is 2.28. The number of anilines is 1. The molecule has 1 heterocycles. The summed E-state index contributed by atoms with van der Waals surface area (Å²) in [5.74, 6) is 0.756. The van der Waals surface area contributed by atoms with Gasteiger partial charge in [0, 0.05) is 34.9 Å². The number of hydrogen-bond donors (Lipinski definition) is 0. The molecule has 4 nitrogen and oxygen atoms in total. The number of nitriles is 1. The Morgan fingerprint density at radius 1 is 1.24 bits per heavy atom. The van der Waals surface area contributed by atoms with Crippen LogP contribution in [0.3, 0.4) is 0 Å². The second-order valence-electron chi connectivity index (χ2n) is 5.71. The van der Waals surface area contributed by atoms with Crippen LogP contribution in [0, 0.1) is 11.3 Å². The minimum absolute atomic E-state index is 0.596. The molecule has 0 radical (unpaired) electrons. The number of halogens is 1. The number of hydrogen-bond acceptors (Lipinski definition) is 4. The van der Waals surface area contributed by atoms with Crippen molar-refractivity contribution in [3.05, 3.63) is 58.1 Å². The molecule has 1 fully saturated rings. The van der Waals surface area contributed by atoms with Crippen LogP contribution in [0.4, 0.5) is 5.69 Å². The van der Waals surface area contributed by atoms with Crippen molar-refractivity contribution < 1.29 is 9.47 Å². The number of rotatable bonds is 4. The summed E-state index contributed by atoms with van der Waals surface area (Å²) in [7, 11) is 1.65. The van der Waals surface area contributed by atoms with E-state index in [0.29, 0.717) is 5.57 Å². The van der Waals surface area contributed by atoms with Crippen LogP contribution in [0.5, 0.6) is 5.75 Å². The van der Waals surface area contributed by atoms with Gasteiger partial charge in [-0.05, 0) is 35.9 Å². The first-order valence-electron chi connectivity index (χ1n) is 8.10. The predicted molar refractivity (Wildman–Crippen MR) is 104 cm³/mol. The molecule has 2 aromatic rings. The highest BCUT2D eigenvalue weighted by molar-refractivity contribution is 9.10. The zero-order valence-electron chi connectivity index (χ0n) is 14.0. The monoisotopic (exact) mass is 398 g/mol. The summed E-state index contributed by atoms with van der Waals surface area (Å²) >= 11 is 3.45. The Morgan fingerprint density at radius 2 is 2.04 bits per heavy atom. The van der Waals surface area contributed by atoms with Gasteiger partial charge < -0.3 is 14.4 Å². The van der Waals surface area contributed by atoms with Crippen molar-refractivity contribution >= 4 is 33.3 Å². The fourth-order valence-corrected chi connectivity index (χ4v) is 3.23. The lowest BCUT2D eigenvalue weighted by Crippen LogP contribution is -2.36. The van der Waals surface area contributed by atoms with Gasteiger partial charge in [0.05, 0.1) is 32.0 Å². The summed E-state index contributed by atoms with van der Waals surface area (Å²) in [6, 6.07) is 16.1. The van der Waals surface area contributed by atoms with Gasteiger partial charge >= 0.3 is 0 Å². The number of allylic oxidation sites excluding steroid dienone is 1. The summed E-state index contributed by atoms with van der Waals surface area (Å²) in [5.41, 5.74) is 3.46. The molecule has 0 N–H and O–H groups in total. The average molecular weight is 399 g/mol. The average Bonchev–Trinajstić information content (AvgIpc) is 2.66. The molecular weight excluding hydrogens is 380 g/mol. The molecule has 0 aliphatic carbocycles. The lowest BCUT2D eigenvalue weighted by Gasteiger charge is -2.29. The Hall–Kier alpha value is -2.29. The zero-order valence-corrected chi connectivity index (χ0v) is 15.6. The van der Waals surface area contributed by atoms with E-state index in [1.807, 2.05) is 42.5 Å². The largest absolute Gasteiger partial charge is 0.496 e. The highest BCUT2D eigenvalue weighted by Gasteiger charge is 2.13. The topological polar surface area (TPSA) is 45.5 Å². The first-order valence-corrected chi connectivity index (χ1v) is 8.89. The molecule has 0 unspecified atom stereocenters. The van der Waals surface area contributed by atoms with Crippen molar-refractivity contribution in [3.8, 4) is 11.8 Å². The molecule has 0 aromatic heterocycles. The molecule has 0 bridgehead atoms. The third-order valence-corrected chi connectivity index (χ3v) is 4.64. The molecule has 1 aliphatic rings. The van der Waals surface area contributed by atoms with Gasteiger partial charge in [-0.1, -0.05) is 28.1 Å². The molecule has 0 spiro atoms. The molecule has 1 saturated heterocycles. The standard InChI is InChI=1S/C20H19BrN2O2/c1-24-20-13-19(23-7-9-25-10-8-23)6-5-16(20)11-17(14-22)15-3-2-4-18(21)12-15/h2-6,11-13H,7-10H2,1H3. The van der Waals surface area contributed by atoms with Crippen molar-refractivity contribution in [2.45, 2.75) is 0 Å². The van der Waals surface area contributed by atoms with Gasteiger partial charge in [0.1, 0.15) is 5.75 Å². The lowest BCUT2D eigenvalue weighted by atomic mass is 10.0. The van der Waals surface area contributed by atoms with E-state index in [1.165, 1.54) is 0 Å². The maximum atomic E-state index is 9.56. The van der Waals surface area contributed by atoms with E-state index in [1.54, 1.807) is 7.11 Å². The highest BCUT2D eigenvalue weighted by atomic mass is 79.9. The Morgan fingerprint density at radius 3 is 2.72 bits per heavy atom. The van der Waals surface area contributed by atoms with Crippen molar-refractivity contribution in [2.24, 2.45) is 0 Å². The molecule has 25 heavy (non-hydrogen) atoms.